The van der Waals surface area contributed by atoms with E-state index in [0.717, 1.165) is 0 Å². The number of halogens is 1. The summed E-state index contributed by atoms with van der Waals surface area (Å²) in [7, 11) is -3.95. The normalized spacial score (nSPS) is 11.6. The first-order valence-corrected chi connectivity index (χ1v) is 9.05. The van der Waals surface area contributed by atoms with Crippen molar-refractivity contribution in [3.8, 4) is 11.5 Å². The molecule has 0 unspecified atom stereocenters. The van der Waals surface area contributed by atoms with E-state index in [1.807, 2.05) is 0 Å². The summed E-state index contributed by atoms with van der Waals surface area (Å²) in [4.78, 5) is 15.5. The van der Waals surface area contributed by atoms with Gasteiger partial charge in [0.05, 0.1) is 27.8 Å². The maximum absolute atomic E-state index is 13.7. The predicted molar refractivity (Wildman–Crippen MR) is 94.3 cm³/mol. The Labute approximate surface area is 148 Å². The highest BCUT2D eigenvalue weighted by Crippen LogP contribution is 2.23. The largest absolute Gasteiger partial charge is 0.337 e. The van der Waals surface area contributed by atoms with Crippen LogP contribution in [-0.4, -0.2) is 28.4 Å². The Kier molecular flexibility index (Phi) is 3.85. The number of anilines is 1. The van der Waals surface area contributed by atoms with Crippen molar-refractivity contribution in [2.45, 2.75) is 4.90 Å². The minimum atomic E-state index is -3.95. The van der Waals surface area contributed by atoms with E-state index in [1.165, 1.54) is 36.5 Å². The summed E-state index contributed by atoms with van der Waals surface area (Å²) in [6.45, 7) is 0. The number of nitrogens with one attached hydrogen (secondary N) is 2. The molecule has 9 heteroatoms. The van der Waals surface area contributed by atoms with Crippen LogP contribution in [0.2, 0.25) is 0 Å². The second-order valence-corrected chi connectivity index (χ2v) is 7.12. The molecule has 0 bridgehead atoms. The van der Waals surface area contributed by atoms with Crippen molar-refractivity contribution < 1.29 is 12.8 Å². The second-order valence-electron chi connectivity index (χ2n) is 5.44. The molecule has 0 radical (unpaired) electrons. The standard InChI is InChI=1S/C17H12FN5O2S/c18-12-3-1-2-4-13(12)23-26(24,25)11-5-6-14-15(9-11)22-17(21-14)16-10-19-7-8-20-16/h1-10,23H,(H,21,22). The quantitative estimate of drug-likeness (QED) is 0.576. The second kappa shape index (κ2) is 6.19. The molecule has 0 spiro atoms. The number of hydrogen-bond donors (Lipinski definition) is 2. The Bertz CT molecular complexity index is 1190. The highest BCUT2D eigenvalue weighted by Gasteiger charge is 2.18. The van der Waals surface area contributed by atoms with Gasteiger partial charge < -0.3 is 4.98 Å². The Hall–Kier alpha value is -3.33. The molecule has 0 amide bonds. The monoisotopic (exact) mass is 369 g/mol. The van der Waals surface area contributed by atoms with Gasteiger partial charge in [-0.1, -0.05) is 12.1 Å². The molecule has 4 aromatic rings. The molecule has 0 aliphatic heterocycles. The van der Waals surface area contributed by atoms with Crippen LogP contribution in [0.15, 0.2) is 66.0 Å². The summed E-state index contributed by atoms with van der Waals surface area (Å²) in [5.74, 6) is -0.174. The molecule has 26 heavy (non-hydrogen) atoms. The smallest absolute Gasteiger partial charge is 0.262 e. The first kappa shape index (κ1) is 16.2. The highest BCUT2D eigenvalue weighted by atomic mass is 32.2. The summed E-state index contributed by atoms with van der Waals surface area (Å²) in [5, 5.41) is 0. The minimum Gasteiger partial charge on any atom is -0.337 e. The average molecular weight is 369 g/mol. The van der Waals surface area contributed by atoms with Crippen LogP contribution in [0.5, 0.6) is 0 Å². The van der Waals surface area contributed by atoms with E-state index >= 15 is 0 Å². The van der Waals surface area contributed by atoms with E-state index in [9.17, 15) is 12.8 Å². The van der Waals surface area contributed by atoms with Gasteiger partial charge in [0.25, 0.3) is 10.0 Å². The number of aromatic nitrogens is 4. The summed E-state index contributed by atoms with van der Waals surface area (Å²) in [6, 6.07) is 9.99. The summed E-state index contributed by atoms with van der Waals surface area (Å²) in [5.41, 5.74) is 1.52. The Morgan fingerprint density at radius 2 is 1.92 bits per heavy atom. The summed E-state index contributed by atoms with van der Waals surface area (Å²) >= 11 is 0. The van der Waals surface area contributed by atoms with Crippen molar-refractivity contribution in [3.05, 3.63) is 66.9 Å². The fourth-order valence-corrected chi connectivity index (χ4v) is 3.53. The van der Waals surface area contributed by atoms with E-state index in [2.05, 4.69) is 24.7 Å². The van der Waals surface area contributed by atoms with Crippen molar-refractivity contribution in [2.24, 2.45) is 0 Å². The van der Waals surface area contributed by atoms with Gasteiger partial charge in [0, 0.05) is 12.4 Å². The molecule has 130 valence electrons. The third-order valence-corrected chi connectivity index (χ3v) is 5.05. The van der Waals surface area contributed by atoms with E-state index in [4.69, 9.17) is 0 Å². The van der Waals surface area contributed by atoms with Crippen LogP contribution in [-0.2, 0) is 10.0 Å². The van der Waals surface area contributed by atoms with Crippen LogP contribution in [0.3, 0.4) is 0 Å². The van der Waals surface area contributed by atoms with Gasteiger partial charge in [0.15, 0.2) is 5.82 Å². The number of aromatic amines is 1. The van der Waals surface area contributed by atoms with E-state index in [0.29, 0.717) is 22.6 Å². The van der Waals surface area contributed by atoms with Gasteiger partial charge in [-0.25, -0.2) is 22.8 Å². The highest BCUT2D eigenvalue weighted by molar-refractivity contribution is 7.92. The van der Waals surface area contributed by atoms with Crippen LogP contribution in [0.4, 0.5) is 10.1 Å². The molecule has 2 aromatic carbocycles. The van der Waals surface area contributed by atoms with Crippen molar-refractivity contribution in [1.29, 1.82) is 0 Å². The third-order valence-electron chi connectivity index (χ3n) is 3.69. The van der Waals surface area contributed by atoms with Crippen LogP contribution in [0.1, 0.15) is 0 Å². The molecule has 2 heterocycles. The number of rotatable bonds is 4. The van der Waals surface area contributed by atoms with Crippen molar-refractivity contribution in [2.75, 3.05) is 4.72 Å². The fraction of sp³-hybridized carbons (Fsp3) is 0. The topological polar surface area (TPSA) is 101 Å². The first-order chi connectivity index (χ1) is 12.5. The van der Waals surface area contributed by atoms with Gasteiger partial charge in [0.1, 0.15) is 11.5 Å². The first-order valence-electron chi connectivity index (χ1n) is 7.56. The Balaban J connectivity index is 1.72. The lowest BCUT2D eigenvalue weighted by Gasteiger charge is -2.08. The number of benzene rings is 2. The molecule has 4 rings (SSSR count). The number of fused-ring (bicyclic) bond motifs is 1. The summed E-state index contributed by atoms with van der Waals surface area (Å²) in [6.07, 6.45) is 4.64. The van der Waals surface area contributed by atoms with Crippen LogP contribution >= 0.6 is 0 Å². The molecule has 0 aliphatic rings. The lowest BCUT2D eigenvalue weighted by atomic mass is 10.3. The lowest BCUT2D eigenvalue weighted by Crippen LogP contribution is -2.13. The van der Waals surface area contributed by atoms with Crippen molar-refractivity contribution >= 4 is 26.7 Å². The van der Waals surface area contributed by atoms with Crippen molar-refractivity contribution in [3.63, 3.8) is 0 Å². The van der Waals surface area contributed by atoms with Gasteiger partial charge in [0.2, 0.25) is 0 Å². The molecule has 0 saturated heterocycles. The maximum Gasteiger partial charge on any atom is 0.262 e. The zero-order chi connectivity index (χ0) is 18.1. The minimum absolute atomic E-state index is 0.0227. The molecule has 7 nitrogen and oxygen atoms in total. The molecule has 0 fully saturated rings. The predicted octanol–water partition coefficient (Wildman–Crippen LogP) is 2.96. The number of nitrogens with zero attached hydrogens (tertiary/aromatic N) is 3. The number of sulfonamides is 1. The van der Waals surface area contributed by atoms with Gasteiger partial charge >= 0.3 is 0 Å². The molecule has 0 atom stereocenters. The van der Waals surface area contributed by atoms with E-state index in [1.54, 1.807) is 24.5 Å². The van der Waals surface area contributed by atoms with Gasteiger partial charge in [-0.2, -0.15) is 0 Å². The molecule has 0 saturated carbocycles. The number of para-hydroxylation sites is 1. The van der Waals surface area contributed by atoms with Crippen LogP contribution < -0.4 is 4.72 Å². The van der Waals surface area contributed by atoms with E-state index < -0.39 is 15.8 Å². The fourth-order valence-electron chi connectivity index (χ4n) is 2.44. The van der Waals surface area contributed by atoms with Crippen LogP contribution in [0.25, 0.3) is 22.6 Å². The summed E-state index contributed by atoms with van der Waals surface area (Å²) < 4.78 is 41.0. The Morgan fingerprint density at radius 1 is 1.08 bits per heavy atom. The SMILES string of the molecule is O=S(=O)(Nc1ccccc1F)c1ccc2[nH]c(-c3cnccn3)nc2c1. The van der Waals surface area contributed by atoms with Gasteiger partial charge in [-0.05, 0) is 30.3 Å². The van der Waals surface area contributed by atoms with Gasteiger partial charge in [-0.15, -0.1) is 0 Å². The molecule has 2 aromatic heterocycles. The molecular formula is C17H12FN5O2S. The van der Waals surface area contributed by atoms with Gasteiger partial charge in [-0.3, -0.25) is 9.71 Å². The number of hydrogen-bond acceptors (Lipinski definition) is 5. The average Bonchev–Trinajstić information content (AvgIpc) is 3.07. The maximum atomic E-state index is 13.7. The van der Waals surface area contributed by atoms with Crippen molar-refractivity contribution in [1.82, 2.24) is 19.9 Å². The molecule has 0 aliphatic carbocycles. The van der Waals surface area contributed by atoms with Crippen LogP contribution in [0, 0.1) is 5.82 Å². The zero-order valence-corrected chi connectivity index (χ0v) is 14.0. The van der Waals surface area contributed by atoms with E-state index in [-0.39, 0.29) is 10.6 Å². The zero-order valence-electron chi connectivity index (χ0n) is 13.2. The number of H-pyrrole nitrogens is 1. The Morgan fingerprint density at radius 3 is 2.69 bits per heavy atom. The lowest BCUT2D eigenvalue weighted by molar-refractivity contribution is 0.598. The third kappa shape index (κ3) is 3.00. The molecule has 2 N–H and O–H groups in total. The molecular weight excluding hydrogens is 357 g/mol. The number of imidazole rings is 1.